The highest BCUT2D eigenvalue weighted by Crippen LogP contribution is 2.33. The number of ether oxygens (including phenoxy) is 2. The van der Waals surface area contributed by atoms with Crippen LogP contribution in [-0.4, -0.2) is 21.1 Å². The van der Waals surface area contributed by atoms with Crippen molar-refractivity contribution in [1.29, 1.82) is 0 Å². The van der Waals surface area contributed by atoms with Crippen LogP contribution in [0.2, 0.25) is 5.02 Å². The number of sulfonamides is 1. The normalized spacial score (nSPS) is 13.0. The molecule has 0 atom stereocenters. The molecule has 1 heterocycles. The monoisotopic (exact) mass is 417 g/mol. The predicted octanol–water partition coefficient (Wildman–Crippen LogP) is 2.95. The minimum Gasteiger partial charge on any atom is -0.454 e. The lowest BCUT2D eigenvalue weighted by atomic mass is 10.2. The number of fused-ring (bicyclic) bond motifs is 1. The highest BCUT2D eigenvalue weighted by Gasteiger charge is 2.23. The topological polar surface area (TPSA) is 81.7 Å². The number of benzene rings is 2. The Balaban J connectivity index is 1.87. The Kier molecular flexibility index (Phi) is 4.22. The molecule has 3 rings (SSSR count). The second kappa shape index (κ2) is 6.03. The molecular weight excluding hydrogens is 410 g/mol. The van der Waals surface area contributed by atoms with Crippen molar-refractivity contribution in [1.82, 2.24) is 4.72 Å². The van der Waals surface area contributed by atoms with Crippen LogP contribution in [0.4, 0.5) is 0 Å². The molecule has 0 saturated carbocycles. The van der Waals surface area contributed by atoms with Gasteiger partial charge in [-0.1, -0.05) is 27.5 Å². The highest BCUT2D eigenvalue weighted by molar-refractivity contribution is 9.10. The number of carbonyl (C=O) groups excluding carboxylic acids is 1. The quantitative estimate of drug-likeness (QED) is 0.829. The molecule has 23 heavy (non-hydrogen) atoms. The van der Waals surface area contributed by atoms with Gasteiger partial charge in [-0.25, -0.2) is 13.1 Å². The van der Waals surface area contributed by atoms with E-state index in [1.807, 2.05) is 4.72 Å². The fraction of sp³-hybridized carbons (Fsp3) is 0.0714. The van der Waals surface area contributed by atoms with E-state index in [1.54, 1.807) is 6.07 Å². The molecule has 9 heteroatoms. The van der Waals surface area contributed by atoms with Crippen molar-refractivity contribution >= 4 is 43.5 Å². The molecule has 2 aromatic carbocycles. The summed E-state index contributed by atoms with van der Waals surface area (Å²) >= 11 is 9.17. The van der Waals surface area contributed by atoms with Crippen LogP contribution < -0.4 is 14.2 Å². The summed E-state index contributed by atoms with van der Waals surface area (Å²) in [6, 6.07) is 8.61. The van der Waals surface area contributed by atoms with Crippen molar-refractivity contribution < 1.29 is 22.7 Å². The molecule has 0 bridgehead atoms. The van der Waals surface area contributed by atoms with Gasteiger partial charge in [0.1, 0.15) is 0 Å². The third kappa shape index (κ3) is 3.29. The largest absolute Gasteiger partial charge is 0.454 e. The third-order valence-electron chi connectivity index (χ3n) is 3.06. The first-order chi connectivity index (χ1) is 10.9. The summed E-state index contributed by atoms with van der Waals surface area (Å²) in [5.74, 6) is -0.0617. The van der Waals surface area contributed by atoms with E-state index < -0.39 is 15.9 Å². The average molecular weight is 419 g/mol. The maximum absolute atomic E-state index is 12.3. The van der Waals surface area contributed by atoms with Crippen LogP contribution in [0.1, 0.15) is 10.4 Å². The molecule has 1 N–H and O–H groups in total. The van der Waals surface area contributed by atoms with Crippen LogP contribution in [0.25, 0.3) is 0 Å². The predicted molar refractivity (Wildman–Crippen MR) is 86.4 cm³/mol. The van der Waals surface area contributed by atoms with E-state index in [-0.39, 0.29) is 22.3 Å². The highest BCUT2D eigenvalue weighted by atomic mass is 79.9. The molecule has 0 unspecified atom stereocenters. The number of halogens is 2. The Bertz CT molecular complexity index is 900. The van der Waals surface area contributed by atoms with Crippen LogP contribution in [0.5, 0.6) is 11.5 Å². The van der Waals surface area contributed by atoms with Crippen molar-refractivity contribution in [2.24, 2.45) is 0 Å². The zero-order valence-electron chi connectivity index (χ0n) is 11.4. The second-order valence-corrected chi connectivity index (χ2v) is 7.58. The second-order valence-electron chi connectivity index (χ2n) is 4.57. The molecule has 0 fully saturated rings. The Morgan fingerprint density at radius 2 is 1.87 bits per heavy atom. The molecule has 0 spiro atoms. The number of hydrogen-bond acceptors (Lipinski definition) is 5. The van der Waals surface area contributed by atoms with Crippen molar-refractivity contribution in [2.75, 3.05) is 6.79 Å². The number of amides is 1. The standard InChI is InChI=1S/C14H9BrClNO5S/c15-8-1-3-10(11(16)5-8)14(18)17-23(19,20)9-2-4-12-13(6-9)22-7-21-12/h1-6H,7H2,(H,17,18). The summed E-state index contributed by atoms with van der Waals surface area (Å²) in [6.07, 6.45) is 0. The van der Waals surface area contributed by atoms with Gasteiger partial charge >= 0.3 is 0 Å². The van der Waals surface area contributed by atoms with E-state index in [1.165, 1.54) is 30.3 Å². The molecule has 0 aliphatic carbocycles. The lowest BCUT2D eigenvalue weighted by Gasteiger charge is -2.09. The third-order valence-corrected chi connectivity index (χ3v) is 5.19. The van der Waals surface area contributed by atoms with Crippen molar-refractivity contribution in [3.8, 4) is 11.5 Å². The lowest BCUT2D eigenvalue weighted by molar-refractivity contribution is 0.0981. The van der Waals surface area contributed by atoms with E-state index in [4.69, 9.17) is 21.1 Å². The van der Waals surface area contributed by atoms with E-state index in [0.717, 1.165) is 0 Å². The van der Waals surface area contributed by atoms with Gasteiger partial charge in [0.2, 0.25) is 6.79 Å². The minimum atomic E-state index is -4.06. The number of hydrogen-bond donors (Lipinski definition) is 1. The summed E-state index contributed by atoms with van der Waals surface area (Å²) in [5.41, 5.74) is 0.0548. The molecule has 0 aromatic heterocycles. The first-order valence-corrected chi connectivity index (χ1v) is 8.94. The van der Waals surface area contributed by atoms with E-state index in [0.29, 0.717) is 16.0 Å². The Morgan fingerprint density at radius 1 is 1.13 bits per heavy atom. The maximum Gasteiger partial charge on any atom is 0.266 e. The smallest absolute Gasteiger partial charge is 0.266 e. The van der Waals surface area contributed by atoms with E-state index in [2.05, 4.69) is 15.9 Å². The number of nitrogens with one attached hydrogen (secondary N) is 1. The molecule has 0 saturated heterocycles. The summed E-state index contributed by atoms with van der Waals surface area (Å²) in [6.45, 7) is 0.0275. The van der Waals surface area contributed by atoms with Crippen LogP contribution in [0.3, 0.4) is 0 Å². The van der Waals surface area contributed by atoms with E-state index in [9.17, 15) is 13.2 Å². The number of carbonyl (C=O) groups is 1. The summed E-state index contributed by atoms with van der Waals surface area (Å²) in [5, 5.41) is 0.137. The first-order valence-electron chi connectivity index (χ1n) is 6.29. The van der Waals surface area contributed by atoms with Crippen molar-refractivity contribution in [3.05, 3.63) is 51.5 Å². The molecular formula is C14H9BrClNO5S. The van der Waals surface area contributed by atoms with Gasteiger partial charge in [0, 0.05) is 10.5 Å². The Labute approximate surface area is 145 Å². The van der Waals surface area contributed by atoms with Crippen LogP contribution in [-0.2, 0) is 10.0 Å². The van der Waals surface area contributed by atoms with Crippen LogP contribution >= 0.6 is 27.5 Å². The van der Waals surface area contributed by atoms with Gasteiger partial charge in [-0.3, -0.25) is 4.79 Å². The maximum atomic E-state index is 12.3. The molecule has 0 radical (unpaired) electrons. The average Bonchev–Trinajstić information content (AvgIpc) is 2.93. The van der Waals surface area contributed by atoms with Crippen LogP contribution in [0.15, 0.2) is 45.8 Å². The van der Waals surface area contributed by atoms with Gasteiger partial charge in [-0.2, -0.15) is 0 Å². The molecule has 2 aromatic rings. The van der Waals surface area contributed by atoms with Crippen molar-refractivity contribution in [2.45, 2.75) is 4.90 Å². The SMILES string of the molecule is O=C(NS(=O)(=O)c1ccc2c(c1)OCO2)c1ccc(Br)cc1Cl. The summed E-state index contributed by atoms with van der Waals surface area (Å²) in [4.78, 5) is 12.0. The number of rotatable bonds is 3. The molecule has 120 valence electrons. The van der Waals surface area contributed by atoms with Gasteiger partial charge in [0.05, 0.1) is 15.5 Å². The van der Waals surface area contributed by atoms with Gasteiger partial charge in [0.25, 0.3) is 15.9 Å². The lowest BCUT2D eigenvalue weighted by Crippen LogP contribution is -2.30. The van der Waals surface area contributed by atoms with Crippen molar-refractivity contribution in [3.63, 3.8) is 0 Å². The van der Waals surface area contributed by atoms with Gasteiger partial charge < -0.3 is 9.47 Å². The molecule has 1 aliphatic rings. The molecule has 1 amide bonds. The van der Waals surface area contributed by atoms with Gasteiger partial charge in [0.15, 0.2) is 11.5 Å². The fourth-order valence-corrected chi connectivity index (χ4v) is 3.69. The minimum absolute atomic E-state index is 0.0275. The summed E-state index contributed by atoms with van der Waals surface area (Å²) in [7, 11) is -4.06. The summed E-state index contributed by atoms with van der Waals surface area (Å²) < 4.78 is 37.5. The van der Waals surface area contributed by atoms with E-state index >= 15 is 0 Å². The van der Waals surface area contributed by atoms with Gasteiger partial charge in [-0.05, 0) is 30.3 Å². The Hall–Kier alpha value is -1.77. The first kappa shape index (κ1) is 16.1. The fourth-order valence-electron chi connectivity index (χ4n) is 1.95. The van der Waals surface area contributed by atoms with Crippen LogP contribution in [0, 0.1) is 0 Å². The Morgan fingerprint density at radius 3 is 2.61 bits per heavy atom. The molecule has 1 aliphatic heterocycles. The zero-order chi connectivity index (χ0) is 16.6. The molecule has 6 nitrogen and oxygen atoms in total. The van der Waals surface area contributed by atoms with Gasteiger partial charge in [-0.15, -0.1) is 0 Å². The zero-order valence-corrected chi connectivity index (χ0v) is 14.5.